The topological polar surface area (TPSA) is 61.5 Å². The molecule has 22 heavy (non-hydrogen) atoms. The zero-order chi connectivity index (χ0) is 15.8. The zero-order valence-corrected chi connectivity index (χ0v) is 12.7. The van der Waals surface area contributed by atoms with E-state index in [4.69, 9.17) is 15.2 Å². The Kier molecular flexibility index (Phi) is 5.98. The van der Waals surface area contributed by atoms with E-state index in [2.05, 4.69) is 12.1 Å². The van der Waals surface area contributed by atoms with Crippen LogP contribution in [0.1, 0.15) is 18.1 Å². The molecule has 4 nitrogen and oxygen atoms in total. The smallest absolute Gasteiger partial charge is 0.326 e. The van der Waals surface area contributed by atoms with Crippen LogP contribution in [0.2, 0.25) is 0 Å². The first kappa shape index (κ1) is 16.0. The Labute approximate surface area is 130 Å². The van der Waals surface area contributed by atoms with Crippen molar-refractivity contribution in [3.63, 3.8) is 0 Å². The van der Waals surface area contributed by atoms with Crippen molar-refractivity contribution >= 4 is 5.97 Å². The van der Waals surface area contributed by atoms with E-state index in [1.54, 1.807) is 6.92 Å². The molecule has 0 aliphatic carbocycles. The molecule has 0 radical (unpaired) electrons. The molecule has 0 amide bonds. The monoisotopic (exact) mass is 299 g/mol. The van der Waals surface area contributed by atoms with Crippen LogP contribution in [0.25, 0.3) is 0 Å². The van der Waals surface area contributed by atoms with E-state index in [1.165, 1.54) is 11.1 Å². The fraction of sp³-hybridized carbons (Fsp3) is 0.278. The minimum Gasteiger partial charge on any atom is -0.491 e. The van der Waals surface area contributed by atoms with Crippen molar-refractivity contribution in [2.24, 2.45) is 5.73 Å². The number of ether oxygens (including phenoxy) is 2. The van der Waals surface area contributed by atoms with E-state index in [9.17, 15) is 4.79 Å². The predicted octanol–water partition coefficient (Wildman–Crippen LogP) is 2.55. The number of hydrogen-bond donors (Lipinski definition) is 1. The summed E-state index contributed by atoms with van der Waals surface area (Å²) in [6.45, 7) is 2.18. The lowest BCUT2D eigenvalue weighted by Crippen LogP contribution is -2.37. The number of carbonyl (C=O) groups excluding carboxylic acids is 1. The van der Waals surface area contributed by atoms with Gasteiger partial charge in [-0.3, -0.25) is 4.79 Å². The second-order valence-corrected chi connectivity index (χ2v) is 4.98. The van der Waals surface area contributed by atoms with Crippen LogP contribution in [0, 0.1) is 0 Å². The Hall–Kier alpha value is -2.33. The summed E-state index contributed by atoms with van der Waals surface area (Å²) in [4.78, 5) is 11.4. The van der Waals surface area contributed by atoms with Crippen molar-refractivity contribution in [2.45, 2.75) is 19.4 Å². The van der Waals surface area contributed by atoms with Crippen LogP contribution in [0.3, 0.4) is 0 Å². The van der Waals surface area contributed by atoms with Crippen LogP contribution in [-0.4, -0.2) is 25.2 Å². The fourth-order valence-electron chi connectivity index (χ4n) is 2.04. The number of nitrogens with two attached hydrogens (primary N) is 1. The summed E-state index contributed by atoms with van der Waals surface area (Å²) in [6, 6.07) is 17.3. The standard InChI is InChI=1S/C18H21NO3/c1-2-21-18(20)17(19)13-22-16-10-8-15(9-11-16)12-14-6-4-3-5-7-14/h3-11,17H,2,12-13,19H2,1H3. The van der Waals surface area contributed by atoms with E-state index in [0.29, 0.717) is 12.4 Å². The average Bonchev–Trinajstić information content (AvgIpc) is 2.55. The predicted molar refractivity (Wildman–Crippen MR) is 85.8 cm³/mol. The van der Waals surface area contributed by atoms with Gasteiger partial charge >= 0.3 is 5.97 Å². The molecule has 116 valence electrons. The Bertz CT molecular complexity index is 581. The molecular weight excluding hydrogens is 278 g/mol. The third-order valence-electron chi connectivity index (χ3n) is 3.19. The Balaban J connectivity index is 1.85. The van der Waals surface area contributed by atoms with Gasteiger partial charge in [0.25, 0.3) is 0 Å². The number of hydrogen-bond acceptors (Lipinski definition) is 4. The zero-order valence-electron chi connectivity index (χ0n) is 12.7. The summed E-state index contributed by atoms with van der Waals surface area (Å²) < 4.78 is 10.3. The number of rotatable bonds is 7. The Morgan fingerprint density at radius 2 is 1.68 bits per heavy atom. The molecule has 2 aromatic rings. The summed E-state index contributed by atoms with van der Waals surface area (Å²) in [5.41, 5.74) is 8.15. The summed E-state index contributed by atoms with van der Waals surface area (Å²) in [5.74, 6) is 0.250. The SMILES string of the molecule is CCOC(=O)C(N)COc1ccc(Cc2ccccc2)cc1. The lowest BCUT2D eigenvalue weighted by molar-refractivity contribution is -0.145. The molecule has 0 aromatic heterocycles. The second kappa shape index (κ2) is 8.20. The van der Waals surface area contributed by atoms with Gasteiger partial charge in [0.15, 0.2) is 0 Å². The highest BCUT2D eigenvalue weighted by molar-refractivity contribution is 5.75. The van der Waals surface area contributed by atoms with Gasteiger partial charge in [-0.05, 0) is 36.6 Å². The van der Waals surface area contributed by atoms with Crippen LogP contribution < -0.4 is 10.5 Å². The summed E-state index contributed by atoms with van der Waals surface area (Å²) >= 11 is 0. The van der Waals surface area contributed by atoms with Gasteiger partial charge in [0, 0.05) is 0 Å². The number of esters is 1. The highest BCUT2D eigenvalue weighted by Gasteiger charge is 2.15. The molecule has 1 unspecified atom stereocenters. The number of carbonyl (C=O) groups is 1. The largest absolute Gasteiger partial charge is 0.491 e. The lowest BCUT2D eigenvalue weighted by atomic mass is 10.1. The van der Waals surface area contributed by atoms with Crippen LogP contribution in [0.4, 0.5) is 0 Å². The first-order valence-corrected chi connectivity index (χ1v) is 7.37. The maximum absolute atomic E-state index is 11.4. The maximum Gasteiger partial charge on any atom is 0.326 e. The normalized spacial score (nSPS) is 11.7. The minimum absolute atomic E-state index is 0.108. The van der Waals surface area contributed by atoms with Crippen molar-refractivity contribution in [2.75, 3.05) is 13.2 Å². The molecule has 2 aromatic carbocycles. The quantitative estimate of drug-likeness (QED) is 0.798. The van der Waals surface area contributed by atoms with Gasteiger partial charge in [-0.2, -0.15) is 0 Å². The Morgan fingerprint density at radius 1 is 1.05 bits per heavy atom. The molecule has 0 heterocycles. The molecule has 0 aliphatic rings. The van der Waals surface area contributed by atoms with Gasteiger partial charge in [0.2, 0.25) is 0 Å². The molecule has 2 N–H and O–H groups in total. The fourth-order valence-corrected chi connectivity index (χ4v) is 2.04. The van der Waals surface area contributed by atoms with Gasteiger partial charge in [-0.1, -0.05) is 42.5 Å². The molecule has 0 aliphatic heterocycles. The summed E-state index contributed by atoms with van der Waals surface area (Å²) in [6.07, 6.45) is 0.878. The second-order valence-electron chi connectivity index (χ2n) is 4.98. The van der Waals surface area contributed by atoms with Crippen molar-refractivity contribution in [1.29, 1.82) is 0 Å². The van der Waals surface area contributed by atoms with Gasteiger partial charge in [-0.25, -0.2) is 0 Å². The van der Waals surface area contributed by atoms with Crippen molar-refractivity contribution in [3.05, 3.63) is 65.7 Å². The van der Waals surface area contributed by atoms with Crippen molar-refractivity contribution < 1.29 is 14.3 Å². The van der Waals surface area contributed by atoms with Gasteiger partial charge in [0.1, 0.15) is 18.4 Å². The molecule has 1 atom stereocenters. The van der Waals surface area contributed by atoms with E-state index in [1.807, 2.05) is 42.5 Å². The van der Waals surface area contributed by atoms with Crippen molar-refractivity contribution in [1.82, 2.24) is 0 Å². The van der Waals surface area contributed by atoms with E-state index in [0.717, 1.165) is 6.42 Å². The summed E-state index contributed by atoms with van der Waals surface area (Å²) in [5, 5.41) is 0. The highest BCUT2D eigenvalue weighted by Crippen LogP contribution is 2.15. The molecule has 0 saturated heterocycles. The maximum atomic E-state index is 11.4. The molecule has 4 heteroatoms. The third kappa shape index (κ3) is 4.90. The average molecular weight is 299 g/mol. The number of benzene rings is 2. The van der Waals surface area contributed by atoms with Gasteiger partial charge in [0.05, 0.1) is 6.61 Å². The summed E-state index contributed by atoms with van der Waals surface area (Å²) in [7, 11) is 0. The molecule has 0 spiro atoms. The molecule has 0 fully saturated rings. The first-order chi connectivity index (χ1) is 10.7. The van der Waals surface area contributed by atoms with Crippen LogP contribution in [0.15, 0.2) is 54.6 Å². The molecular formula is C18H21NO3. The minimum atomic E-state index is -0.760. The van der Waals surface area contributed by atoms with Crippen LogP contribution in [-0.2, 0) is 16.0 Å². The Morgan fingerprint density at radius 3 is 2.32 bits per heavy atom. The third-order valence-corrected chi connectivity index (χ3v) is 3.19. The van der Waals surface area contributed by atoms with Crippen LogP contribution >= 0.6 is 0 Å². The molecule has 0 bridgehead atoms. The molecule has 0 saturated carbocycles. The first-order valence-electron chi connectivity index (χ1n) is 7.37. The van der Waals surface area contributed by atoms with E-state index >= 15 is 0 Å². The molecule has 2 rings (SSSR count). The van der Waals surface area contributed by atoms with Gasteiger partial charge < -0.3 is 15.2 Å². The highest BCUT2D eigenvalue weighted by atomic mass is 16.5. The van der Waals surface area contributed by atoms with Crippen molar-refractivity contribution in [3.8, 4) is 5.75 Å². The van der Waals surface area contributed by atoms with E-state index in [-0.39, 0.29) is 6.61 Å². The lowest BCUT2D eigenvalue weighted by Gasteiger charge is -2.12. The van der Waals surface area contributed by atoms with Crippen LogP contribution in [0.5, 0.6) is 5.75 Å². The van der Waals surface area contributed by atoms with E-state index < -0.39 is 12.0 Å². The van der Waals surface area contributed by atoms with Gasteiger partial charge in [-0.15, -0.1) is 0 Å².